The first-order valence-electron chi connectivity index (χ1n) is 19.8. The summed E-state index contributed by atoms with van der Waals surface area (Å²) < 4.78 is 0. The van der Waals surface area contributed by atoms with E-state index in [0.29, 0.717) is 16.8 Å². The maximum Gasteiger partial charge on any atom is 0.326 e. The van der Waals surface area contributed by atoms with Crippen molar-refractivity contribution in [3.63, 3.8) is 0 Å². The Morgan fingerprint density at radius 1 is 0.524 bits per heavy atom. The van der Waals surface area contributed by atoms with Crippen LogP contribution in [0.25, 0.3) is 0 Å². The van der Waals surface area contributed by atoms with Gasteiger partial charge in [0.1, 0.15) is 42.3 Å². The molecule has 2 aromatic carbocycles. The highest BCUT2D eigenvalue weighted by molar-refractivity contribution is 5.98. The predicted molar refractivity (Wildman–Crippen MR) is 223 cm³/mol. The van der Waals surface area contributed by atoms with E-state index < -0.39 is 120 Å². The van der Waals surface area contributed by atoms with Gasteiger partial charge in [0.15, 0.2) is 0 Å². The van der Waals surface area contributed by atoms with E-state index in [-0.39, 0.29) is 25.2 Å². The number of carbonyl (C=O) groups excluding carboxylic acids is 7. The zero-order chi connectivity index (χ0) is 47.6. The SMILES string of the molecule is CC(=O)N[C@@H](Cc1ccc(N)cc1)C(=O)N[C@H](C(=O)N[C@@H](CC(C)C)C(=O)N[C@@H](CC(=O)O)C(=O)N[C@@H](C)C(=O)N[C@@H](CC(=O)O)C(=O)N[C@@H](Cc1ccccc1)C(=O)O)[C@H](C)O. The van der Waals surface area contributed by atoms with E-state index in [9.17, 15) is 68.4 Å². The fourth-order valence-corrected chi connectivity index (χ4v) is 6.01. The lowest BCUT2D eigenvalue weighted by Gasteiger charge is -2.28. The highest BCUT2D eigenvalue weighted by atomic mass is 16.4. The third-order valence-electron chi connectivity index (χ3n) is 9.19. The van der Waals surface area contributed by atoms with Gasteiger partial charge in [-0.3, -0.25) is 43.2 Å². The van der Waals surface area contributed by atoms with Gasteiger partial charge in [0.05, 0.1) is 18.9 Å². The number of rotatable bonds is 25. The van der Waals surface area contributed by atoms with Crippen LogP contribution in [0.5, 0.6) is 0 Å². The third kappa shape index (κ3) is 18.6. The topological polar surface area (TPSA) is 362 Å². The lowest BCUT2D eigenvalue weighted by atomic mass is 10.0. The molecule has 0 spiro atoms. The van der Waals surface area contributed by atoms with Crippen LogP contribution in [0.3, 0.4) is 0 Å². The van der Waals surface area contributed by atoms with Gasteiger partial charge in [0.2, 0.25) is 41.4 Å². The zero-order valence-corrected chi connectivity index (χ0v) is 35.4. The number of nitrogen functional groups attached to an aromatic ring is 1. The van der Waals surface area contributed by atoms with Gasteiger partial charge in [-0.2, -0.15) is 0 Å². The molecule has 0 fully saturated rings. The molecule has 22 nitrogen and oxygen atoms in total. The van der Waals surface area contributed by atoms with E-state index in [2.05, 4.69) is 37.2 Å². The summed E-state index contributed by atoms with van der Waals surface area (Å²) in [7, 11) is 0. The first-order chi connectivity index (χ1) is 29.5. The van der Waals surface area contributed by atoms with E-state index in [4.69, 9.17) is 5.73 Å². The van der Waals surface area contributed by atoms with Crippen LogP contribution in [0.15, 0.2) is 54.6 Å². The van der Waals surface area contributed by atoms with Crippen LogP contribution >= 0.6 is 0 Å². The number of hydrogen-bond donors (Lipinski definition) is 12. The largest absolute Gasteiger partial charge is 0.481 e. The summed E-state index contributed by atoms with van der Waals surface area (Å²) in [6, 6.07) is 3.48. The number of carbonyl (C=O) groups is 10. The molecule has 8 atom stereocenters. The molecule has 0 saturated heterocycles. The smallest absolute Gasteiger partial charge is 0.326 e. The normalized spacial score (nSPS) is 14.7. The summed E-state index contributed by atoms with van der Waals surface area (Å²) in [5.41, 5.74) is 7.33. The summed E-state index contributed by atoms with van der Waals surface area (Å²) in [5.74, 6) is -11.9. The Labute approximate surface area is 362 Å². The molecule has 13 N–H and O–H groups in total. The lowest BCUT2D eigenvalue weighted by molar-refractivity contribution is -0.143. The molecule has 0 radical (unpaired) electrons. The number of anilines is 1. The van der Waals surface area contributed by atoms with Gasteiger partial charge >= 0.3 is 17.9 Å². The maximum absolute atomic E-state index is 13.6. The Balaban J connectivity index is 2.22. The molecular weight excluding hydrogens is 828 g/mol. The quantitative estimate of drug-likeness (QED) is 0.0478. The second-order valence-electron chi connectivity index (χ2n) is 15.3. The van der Waals surface area contributed by atoms with Gasteiger partial charge in [0.25, 0.3) is 0 Å². The summed E-state index contributed by atoms with van der Waals surface area (Å²) in [5, 5.41) is 55.3. The molecule has 22 heteroatoms. The minimum absolute atomic E-state index is 0.0216. The number of aliphatic carboxylic acids is 3. The van der Waals surface area contributed by atoms with Crippen molar-refractivity contribution in [2.24, 2.45) is 5.92 Å². The molecule has 0 aliphatic carbocycles. The minimum Gasteiger partial charge on any atom is -0.481 e. The summed E-state index contributed by atoms with van der Waals surface area (Å²) in [6.07, 6.45) is -3.85. The molecule has 0 bridgehead atoms. The molecule has 2 rings (SSSR count). The van der Waals surface area contributed by atoms with E-state index >= 15 is 0 Å². The van der Waals surface area contributed by atoms with Crippen LogP contribution in [0.2, 0.25) is 0 Å². The number of aliphatic hydroxyl groups is 1. The van der Waals surface area contributed by atoms with E-state index in [1.165, 1.54) is 13.8 Å². The number of aliphatic hydroxyl groups excluding tert-OH is 1. The minimum atomic E-state index is -1.87. The van der Waals surface area contributed by atoms with E-state index in [1.54, 1.807) is 68.4 Å². The Hall–Kier alpha value is -7.10. The standard InChI is InChI=1S/C41H56N8O14/c1-20(2)15-27(47-40(61)34(22(4)50)49-39(60)28(44-23(5)51)16-25-11-13-26(42)14-12-25)37(58)46-29(18-32(52)53)36(57)43-21(3)35(56)45-30(19-33(54)55)38(59)48-31(41(62)63)17-24-9-7-6-8-10-24/h6-14,20-22,27-31,34,50H,15-19,42H2,1-5H3,(H,43,57)(H,44,51)(H,45,56)(H,46,58)(H,47,61)(H,48,59)(H,49,60)(H,52,53)(H,54,55)(H,62,63)/t21-,22-,27-,28-,29-,30-,31-,34-/m0/s1. The Morgan fingerprint density at radius 3 is 1.46 bits per heavy atom. The van der Waals surface area contributed by atoms with Crippen LogP contribution in [0, 0.1) is 5.92 Å². The molecule has 0 aromatic heterocycles. The number of nitrogens with one attached hydrogen (secondary N) is 7. The molecule has 0 saturated carbocycles. The van der Waals surface area contributed by atoms with Crippen molar-refractivity contribution >= 4 is 64.9 Å². The first kappa shape index (κ1) is 52.0. The van der Waals surface area contributed by atoms with Crippen LogP contribution < -0.4 is 43.0 Å². The molecule has 0 aliphatic heterocycles. The van der Waals surface area contributed by atoms with Crippen molar-refractivity contribution in [1.82, 2.24) is 37.2 Å². The van der Waals surface area contributed by atoms with Crippen molar-refractivity contribution < 1.29 is 68.4 Å². The lowest BCUT2D eigenvalue weighted by Crippen LogP contribution is -2.61. The average molecular weight is 885 g/mol. The van der Waals surface area contributed by atoms with Crippen LogP contribution in [0.1, 0.15) is 65.0 Å². The van der Waals surface area contributed by atoms with E-state index in [1.807, 2.05) is 0 Å². The number of hydrogen-bond acceptors (Lipinski definition) is 12. The first-order valence-corrected chi connectivity index (χ1v) is 19.8. The van der Waals surface area contributed by atoms with Gasteiger partial charge in [-0.1, -0.05) is 56.3 Å². The van der Waals surface area contributed by atoms with Crippen LogP contribution in [0.4, 0.5) is 5.69 Å². The van der Waals surface area contributed by atoms with Gasteiger partial charge in [-0.05, 0) is 49.4 Å². The average Bonchev–Trinajstić information content (AvgIpc) is 3.18. The molecule has 344 valence electrons. The Morgan fingerprint density at radius 2 is 0.968 bits per heavy atom. The third-order valence-corrected chi connectivity index (χ3v) is 9.19. The summed E-state index contributed by atoms with van der Waals surface area (Å²) in [6.45, 7) is 6.84. The molecule has 7 amide bonds. The fourth-order valence-electron chi connectivity index (χ4n) is 6.01. The van der Waals surface area contributed by atoms with Gasteiger partial charge in [-0.15, -0.1) is 0 Å². The molecule has 2 aromatic rings. The number of carboxylic acid groups (broad SMARTS) is 3. The maximum atomic E-state index is 13.6. The highest BCUT2D eigenvalue weighted by Gasteiger charge is 2.35. The number of nitrogens with two attached hydrogens (primary N) is 1. The molecular formula is C41H56N8O14. The second kappa shape index (κ2) is 25.0. The monoisotopic (exact) mass is 884 g/mol. The van der Waals surface area contributed by atoms with Crippen LogP contribution in [-0.2, 0) is 60.8 Å². The molecule has 63 heavy (non-hydrogen) atoms. The van der Waals surface area contributed by atoms with Crippen molar-refractivity contribution in [3.05, 3.63) is 65.7 Å². The van der Waals surface area contributed by atoms with Crippen molar-refractivity contribution in [1.29, 1.82) is 0 Å². The van der Waals surface area contributed by atoms with Gasteiger partial charge in [0, 0.05) is 25.5 Å². The zero-order valence-electron chi connectivity index (χ0n) is 35.4. The summed E-state index contributed by atoms with van der Waals surface area (Å²) >= 11 is 0. The summed E-state index contributed by atoms with van der Waals surface area (Å²) in [4.78, 5) is 127. The van der Waals surface area contributed by atoms with Crippen molar-refractivity contribution in [2.45, 2.75) is 115 Å². The van der Waals surface area contributed by atoms with Crippen LogP contribution in [-0.4, -0.2) is 128 Å². The highest BCUT2D eigenvalue weighted by Crippen LogP contribution is 2.11. The van der Waals surface area contributed by atoms with Gasteiger partial charge < -0.3 is 63.4 Å². The van der Waals surface area contributed by atoms with Crippen molar-refractivity contribution in [2.75, 3.05) is 5.73 Å². The number of carboxylic acids is 3. The molecule has 0 heterocycles. The number of amides is 7. The van der Waals surface area contributed by atoms with E-state index in [0.717, 1.165) is 6.92 Å². The predicted octanol–water partition coefficient (Wildman–Crippen LogP) is -2.05. The molecule has 0 unspecified atom stereocenters. The number of benzene rings is 2. The fraction of sp³-hybridized carbons (Fsp3) is 0.463. The Kier molecular flexibility index (Phi) is 20.6. The van der Waals surface area contributed by atoms with Crippen molar-refractivity contribution in [3.8, 4) is 0 Å². The molecule has 0 aliphatic rings. The second-order valence-corrected chi connectivity index (χ2v) is 15.3. The Bertz CT molecular complexity index is 1960. The van der Waals surface area contributed by atoms with Gasteiger partial charge in [-0.25, -0.2) is 4.79 Å².